The first kappa shape index (κ1) is 12.6. The van der Waals surface area contributed by atoms with Gasteiger partial charge in [0.2, 0.25) is 0 Å². The summed E-state index contributed by atoms with van der Waals surface area (Å²) in [5.74, 6) is 1.57. The lowest BCUT2D eigenvalue weighted by Crippen LogP contribution is -2.06. The molecule has 0 unspecified atom stereocenters. The number of phenols is 1. The molecule has 0 aliphatic carbocycles. The number of anilines is 1. The van der Waals surface area contributed by atoms with Gasteiger partial charge in [0, 0.05) is 17.7 Å². The van der Waals surface area contributed by atoms with E-state index in [1.165, 1.54) is 0 Å². The van der Waals surface area contributed by atoms with Crippen LogP contribution in [0.25, 0.3) is 0 Å². The lowest BCUT2D eigenvalue weighted by Gasteiger charge is -2.11. The first-order chi connectivity index (χ1) is 8.58. The molecule has 2 aromatic rings. The number of nitrogens with one attached hydrogen (secondary N) is 1. The second-order valence-electron chi connectivity index (χ2n) is 4.02. The Kier molecular flexibility index (Phi) is 3.67. The number of hydrogen-bond acceptors (Lipinski definition) is 4. The average Bonchev–Trinajstić information content (AvgIpc) is 2.33. The van der Waals surface area contributed by atoms with Gasteiger partial charge in [0.1, 0.15) is 22.5 Å². The topological polar surface area (TPSA) is 58.0 Å². The number of rotatable bonds is 3. The molecule has 0 radical (unpaired) electrons. The van der Waals surface area contributed by atoms with Crippen LogP contribution in [-0.2, 0) is 6.54 Å². The number of aromatic hydroxyl groups is 1. The van der Waals surface area contributed by atoms with Crippen LogP contribution in [0, 0.1) is 13.8 Å². The minimum absolute atomic E-state index is 0.263. The number of aryl methyl sites for hydroxylation is 1. The lowest BCUT2D eigenvalue weighted by atomic mass is 10.2. The molecule has 0 aliphatic heterocycles. The summed E-state index contributed by atoms with van der Waals surface area (Å²) < 4.78 is 0. The van der Waals surface area contributed by atoms with E-state index in [-0.39, 0.29) is 5.75 Å². The van der Waals surface area contributed by atoms with E-state index in [0.717, 1.165) is 11.1 Å². The molecule has 2 N–H and O–H groups in total. The predicted octanol–water partition coefficient (Wildman–Crippen LogP) is 3.06. The van der Waals surface area contributed by atoms with Crippen molar-refractivity contribution >= 4 is 17.4 Å². The molecule has 4 nitrogen and oxygen atoms in total. The van der Waals surface area contributed by atoms with Gasteiger partial charge < -0.3 is 10.4 Å². The van der Waals surface area contributed by atoms with Gasteiger partial charge >= 0.3 is 0 Å². The Bertz CT molecular complexity index is 572. The summed E-state index contributed by atoms with van der Waals surface area (Å²) in [4.78, 5) is 8.36. The van der Waals surface area contributed by atoms with Gasteiger partial charge in [-0.05, 0) is 19.9 Å². The van der Waals surface area contributed by atoms with Crippen molar-refractivity contribution in [2.75, 3.05) is 5.32 Å². The van der Waals surface area contributed by atoms with E-state index in [2.05, 4.69) is 15.3 Å². The van der Waals surface area contributed by atoms with Gasteiger partial charge in [-0.2, -0.15) is 0 Å². The number of halogens is 1. The van der Waals surface area contributed by atoms with E-state index in [9.17, 15) is 5.11 Å². The Morgan fingerprint density at radius 3 is 2.67 bits per heavy atom. The molecule has 5 heteroatoms. The molecule has 2 rings (SSSR count). The van der Waals surface area contributed by atoms with Crippen LogP contribution in [-0.4, -0.2) is 15.1 Å². The van der Waals surface area contributed by atoms with Crippen molar-refractivity contribution in [3.8, 4) is 5.75 Å². The summed E-state index contributed by atoms with van der Waals surface area (Å²) >= 11 is 5.99. The summed E-state index contributed by atoms with van der Waals surface area (Å²) in [6, 6.07) is 7.17. The fourth-order valence-corrected chi connectivity index (χ4v) is 1.82. The van der Waals surface area contributed by atoms with Crippen LogP contribution in [0.5, 0.6) is 5.75 Å². The number of hydrogen-bond donors (Lipinski definition) is 2. The van der Waals surface area contributed by atoms with Gasteiger partial charge in [0.15, 0.2) is 0 Å². The highest BCUT2D eigenvalue weighted by molar-refractivity contribution is 6.30. The van der Waals surface area contributed by atoms with Gasteiger partial charge in [-0.1, -0.05) is 29.8 Å². The maximum atomic E-state index is 9.67. The van der Waals surface area contributed by atoms with Gasteiger partial charge in [0.05, 0.1) is 0 Å². The Morgan fingerprint density at radius 1 is 1.22 bits per heavy atom. The fraction of sp³-hybridized carbons (Fsp3) is 0.231. The van der Waals surface area contributed by atoms with Crippen molar-refractivity contribution < 1.29 is 5.11 Å². The highest BCUT2D eigenvalue weighted by Gasteiger charge is 2.07. The van der Waals surface area contributed by atoms with E-state index in [0.29, 0.717) is 23.3 Å². The van der Waals surface area contributed by atoms with E-state index in [1.54, 1.807) is 19.1 Å². The van der Waals surface area contributed by atoms with Crippen LogP contribution in [0.4, 0.5) is 5.82 Å². The van der Waals surface area contributed by atoms with Gasteiger partial charge in [-0.25, -0.2) is 9.97 Å². The number of para-hydroxylation sites is 1. The van der Waals surface area contributed by atoms with Crippen molar-refractivity contribution in [2.45, 2.75) is 20.4 Å². The molecular formula is C13H14ClN3O. The highest BCUT2D eigenvalue weighted by Crippen LogP contribution is 2.22. The molecule has 0 spiro atoms. The SMILES string of the molecule is Cc1nc(Cl)c(C)c(NCc2ccccc2O)n1. The van der Waals surface area contributed by atoms with Gasteiger partial charge in [0.25, 0.3) is 0 Å². The molecule has 0 fully saturated rings. The Morgan fingerprint density at radius 2 is 1.94 bits per heavy atom. The third-order valence-corrected chi connectivity index (χ3v) is 3.00. The number of aromatic nitrogens is 2. The fourth-order valence-electron chi connectivity index (χ4n) is 1.61. The zero-order valence-corrected chi connectivity index (χ0v) is 11.0. The van der Waals surface area contributed by atoms with Crippen LogP contribution in [0.2, 0.25) is 5.15 Å². The minimum atomic E-state index is 0.263. The third-order valence-electron chi connectivity index (χ3n) is 2.64. The van der Waals surface area contributed by atoms with E-state index < -0.39 is 0 Å². The van der Waals surface area contributed by atoms with Crippen LogP contribution in [0.15, 0.2) is 24.3 Å². The number of benzene rings is 1. The molecule has 94 valence electrons. The van der Waals surface area contributed by atoms with Crippen molar-refractivity contribution in [3.05, 3.63) is 46.4 Å². The monoisotopic (exact) mass is 263 g/mol. The summed E-state index contributed by atoms with van der Waals surface area (Å²) in [6.45, 7) is 4.13. The molecule has 1 heterocycles. The lowest BCUT2D eigenvalue weighted by molar-refractivity contribution is 0.469. The molecule has 0 aliphatic rings. The van der Waals surface area contributed by atoms with Crippen molar-refractivity contribution in [1.82, 2.24) is 9.97 Å². The minimum Gasteiger partial charge on any atom is -0.508 e. The first-order valence-electron chi connectivity index (χ1n) is 5.59. The highest BCUT2D eigenvalue weighted by atomic mass is 35.5. The molecule has 0 amide bonds. The second-order valence-corrected chi connectivity index (χ2v) is 4.38. The van der Waals surface area contributed by atoms with Crippen LogP contribution in [0.1, 0.15) is 17.0 Å². The summed E-state index contributed by atoms with van der Waals surface area (Å²) in [7, 11) is 0. The van der Waals surface area contributed by atoms with Gasteiger partial charge in [-0.15, -0.1) is 0 Å². The van der Waals surface area contributed by atoms with E-state index in [1.807, 2.05) is 19.1 Å². The molecule has 0 saturated carbocycles. The molecule has 1 aromatic heterocycles. The normalized spacial score (nSPS) is 10.4. The van der Waals surface area contributed by atoms with Gasteiger partial charge in [-0.3, -0.25) is 0 Å². The second kappa shape index (κ2) is 5.23. The molecule has 0 bridgehead atoms. The quantitative estimate of drug-likeness (QED) is 0.836. The molecule has 18 heavy (non-hydrogen) atoms. The Hall–Kier alpha value is -1.81. The largest absolute Gasteiger partial charge is 0.508 e. The summed E-state index contributed by atoms with van der Waals surface area (Å²) in [5, 5.41) is 13.3. The molecule has 0 atom stereocenters. The predicted molar refractivity (Wildman–Crippen MR) is 71.9 cm³/mol. The van der Waals surface area contributed by atoms with Crippen LogP contribution in [0.3, 0.4) is 0 Å². The Balaban J connectivity index is 2.18. The third kappa shape index (κ3) is 2.71. The maximum absolute atomic E-state index is 9.67. The number of phenolic OH excluding ortho intramolecular Hbond substituents is 1. The molecule has 0 saturated heterocycles. The molecular weight excluding hydrogens is 250 g/mol. The van der Waals surface area contributed by atoms with Crippen molar-refractivity contribution in [3.63, 3.8) is 0 Å². The average molecular weight is 264 g/mol. The van der Waals surface area contributed by atoms with Crippen molar-refractivity contribution in [2.24, 2.45) is 0 Å². The zero-order valence-electron chi connectivity index (χ0n) is 10.2. The van der Waals surface area contributed by atoms with E-state index in [4.69, 9.17) is 11.6 Å². The summed E-state index contributed by atoms with van der Waals surface area (Å²) in [6.07, 6.45) is 0. The van der Waals surface area contributed by atoms with Crippen LogP contribution < -0.4 is 5.32 Å². The smallest absolute Gasteiger partial charge is 0.137 e. The standard InChI is InChI=1S/C13H14ClN3O/c1-8-12(14)16-9(2)17-13(8)15-7-10-5-3-4-6-11(10)18/h3-6,18H,7H2,1-2H3,(H,15,16,17). The summed E-state index contributed by atoms with van der Waals surface area (Å²) in [5.41, 5.74) is 1.61. The zero-order chi connectivity index (χ0) is 13.1. The Labute approximate surface area is 111 Å². The van der Waals surface area contributed by atoms with Crippen LogP contribution >= 0.6 is 11.6 Å². The van der Waals surface area contributed by atoms with Crippen molar-refractivity contribution in [1.29, 1.82) is 0 Å². The molecule has 1 aromatic carbocycles. The van der Waals surface area contributed by atoms with E-state index >= 15 is 0 Å². The number of nitrogens with zero attached hydrogens (tertiary/aromatic N) is 2. The first-order valence-corrected chi connectivity index (χ1v) is 5.97. The maximum Gasteiger partial charge on any atom is 0.137 e.